The van der Waals surface area contributed by atoms with E-state index in [2.05, 4.69) is 41.0 Å². The lowest BCUT2D eigenvalue weighted by Crippen LogP contribution is -2.48. The Balaban J connectivity index is 1.84. The number of hydrogen-bond donors (Lipinski definition) is 0. The second-order valence-electron chi connectivity index (χ2n) is 4.91. The number of carbonyl (C=O) groups is 1. The van der Waals surface area contributed by atoms with Gasteiger partial charge in [-0.1, -0.05) is 12.1 Å². The quantitative estimate of drug-likeness (QED) is 0.773. The summed E-state index contributed by atoms with van der Waals surface area (Å²) in [7, 11) is 0. The summed E-state index contributed by atoms with van der Waals surface area (Å²) >= 11 is 0. The number of anilines is 1. The molecule has 0 bridgehead atoms. The Morgan fingerprint density at radius 3 is 2.63 bits per heavy atom. The van der Waals surface area contributed by atoms with Crippen LogP contribution in [0.1, 0.15) is 12.5 Å². The van der Waals surface area contributed by atoms with E-state index >= 15 is 0 Å². The van der Waals surface area contributed by atoms with Gasteiger partial charge in [-0.3, -0.25) is 9.69 Å². The van der Waals surface area contributed by atoms with Gasteiger partial charge in [0.1, 0.15) is 0 Å². The molecule has 1 fully saturated rings. The Bertz CT molecular complexity index is 426. The number of nitrogens with zero attached hydrogens (tertiary/aromatic N) is 2. The zero-order valence-electron chi connectivity index (χ0n) is 11.8. The van der Waals surface area contributed by atoms with Gasteiger partial charge in [-0.05, 0) is 31.5 Å². The van der Waals surface area contributed by atoms with Crippen LogP contribution in [0.15, 0.2) is 24.3 Å². The van der Waals surface area contributed by atoms with Gasteiger partial charge in [-0.25, -0.2) is 0 Å². The molecule has 0 N–H and O–H groups in total. The van der Waals surface area contributed by atoms with Crippen molar-refractivity contribution in [3.63, 3.8) is 0 Å². The molecule has 2 rings (SSSR count). The van der Waals surface area contributed by atoms with E-state index < -0.39 is 0 Å². The topological polar surface area (TPSA) is 32.8 Å². The molecule has 1 aliphatic rings. The monoisotopic (exact) mass is 262 g/mol. The lowest BCUT2D eigenvalue weighted by Gasteiger charge is -2.35. The van der Waals surface area contributed by atoms with E-state index in [9.17, 15) is 4.79 Å². The largest absolute Gasteiger partial charge is 0.465 e. The zero-order chi connectivity index (χ0) is 13.7. The van der Waals surface area contributed by atoms with Gasteiger partial charge in [-0.15, -0.1) is 0 Å². The highest BCUT2D eigenvalue weighted by Gasteiger charge is 2.19. The third-order valence-corrected chi connectivity index (χ3v) is 3.40. The SMILES string of the molecule is CCOC(=O)CN1CCN(c2cccc(C)c2)CC1. The van der Waals surface area contributed by atoms with E-state index in [1.165, 1.54) is 11.3 Å². The summed E-state index contributed by atoms with van der Waals surface area (Å²) in [6.07, 6.45) is 0. The highest BCUT2D eigenvalue weighted by Crippen LogP contribution is 2.17. The summed E-state index contributed by atoms with van der Waals surface area (Å²) in [5.74, 6) is -0.119. The van der Waals surface area contributed by atoms with Gasteiger partial charge >= 0.3 is 5.97 Å². The third kappa shape index (κ3) is 3.96. The van der Waals surface area contributed by atoms with Crippen LogP contribution < -0.4 is 4.90 Å². The second kappa shape index (κ2) is 6.57. The van der Waals surface area contributed by atoms with Crippen molar-refractivity contribution in [1.29, 1.82) is 0 Å². The minimum Gasteiger partial charge on any atom is -0.465 e. The van der Waals surface area contributed by atoms with Crippen LogP contribution in [0.3, 0.4) is 0 Å². The van der Waals surface area contributed by atoms with Gasteiger partial charge in [0, 0.05) is 31.9 Å². The lowest BCUT2D eigenvalue weighted by molar-refractivity contribution is -0.144. The van der Waals surface area contributed by atoms with Crippen LogP contribution in [0.4, 0.5) is 5.69 Å². The summed E-state index contributed by atoms with van der Waals surface area (Å²) in [4.78, 5) is 16.0. The van der Waals surface area contributed by atoms with E-state index in [-0.39, 0.29) is 5.97 Å². The van der Waals surface area contributed by atoms with Crippen molar-refractivity contribution in [3.05, 3.63) is 29.8 Å². The summed E-state index contributed by atoms with van der Waals surface area (Å²) in [5.41, 5.74) is 2.56. The maximum absolute atomic E-state index is 11.4. The minimum absolute atomic E-state index is 0.119. The summed E-state index contributed by atoms with van der Waals surface area (Å²) in [6.45, 7) is 8.57. The van der Waals surface area contributed by atoms with Crippen molar-refractivity contribution < 1.29 is 9.53 Å². The lowest BCUT2D eigenvalue weighted by atomic mass is 10.2. The van der Waals surface area contributed by atoms with Crippen LogP contribution >= 0.6 is 0 Å². The Morgan fingerprint density at radius 1 is 1.26 bits per heavy atom. The first kappa shape index (κ1) is 13.9. The molecule has 1 aromatic rings. The number of hydrogen-bond acceptors (Lipinski definition) is 4. The molecule has 19 heavy (non-hydrogen) atoms. The number of benzene rings is 1. The van der Waals surface area contributed by atoms with E-state index in [1.807, 2.05) is 6.92 Å². The van der Waals surface area contributed by atoms with Crippen molar-refractivity contribution in [2.75, 3.05) is 44.2 Å². The Hall–Kier alpha value is -1.55. The number of rotatable bonds is 4. The third-order valence-electron chi connectivity index (χ3n) is 3.40. The highest BCUT2D eigenvalue weighted by atomic mass is 16.5. The zero-order valence-corrected chi connectivity index (χ0v) is 11.8. The second-order valence-corrected chi connectivity index (χ2v) is 4.91. The first-order valence-corrected chi connectivity index (χ1v) is 6.88. The standard InChI is InChI=1S/C15H22N2O2/c1-3-19-15(18)12-16-7-9-17(10-8-16)14-6-4-5-13(2)11-14/h4-6,11H,3,7-10,12H2,1-2H3. The van der Waals surface area contributed by atoms with Crippen LogP contribution in [-0.4, -0.2) is 50.2 Å². The first-order chi connectivity index (χ1) is 9.19. The van der Waals surface area contributed by atoms with Gasteiger partial charge in [0.25, 0.3) is 0 Å². The van der Waals surface area contributed by atoms with Crippen molar-refractivity contribution in [2.24, 2.45) is 0 Å². The maximum Gasteiger partial charge on any atom is 0.320 e. The van der Waals surface area contributed by atoms with Crippen LogP contribution in [0.25, 0.3) is 0 Å². The fourth-order valence-corrected chi connectivity index (χ4v) is 2.38. The molecule has 1 heterocycles. The Labute approximate surface area is 115 Å². The number of aryl methyl sites for hydroxylation is 1. The van der Waals surface area contributed by atoms with Crippen LogP contribution in [-0.2, 0) is 9.53 Å². The normalized spacial score (nSPS) is 16.4. The molecular weight excluding hydrogens is 240 g/mol. The van der Waals surface area contributed by atoms with Crippen molar-refractivity contribution in [3.8, 4) is 0 Å². The molecule has 1 saturated heterocycles. The maximum atomic E-state index is 11.4. The van der Waals surface area contributed by atoms with Gasteiger partial charge in [0.15, 0.2) is 0 Å². The molecule has 0 aromatic heterocycles. The van der Waals surface area contributed by atoms with E-state index in [4.69, 9.17) is 4.74 Å². The average molecular weight is 262 g/mol. The molecule has 4 heteroatoms. The fraction of sp³-hybridized carbons (Fsp3) is 0.533. The summed E-state index contributed by atoms with van der Waals surface area (Å²) < 4.78 is 4.98. The molecule has 1 aromatic carbocycles. The van der Waals surface area contributed by atoms with Crippen LogP contribution in [0.5, 0.6) is 0 Å². The van der Waals surface area contributed by atoms with Crippen molar-refractivity contribution in [2.45, 2.75) is 13.8 Å². The van der Waals surface area contributed by atoms with Gasteiger partial charge in [-0.2, -0.15) is 0 Å². The first-order valence-electron chi connectivity index (χ1n) is 6.88. The molecule has 0 amide bonds. The minimum atomic E-state index is -0.119. The smallest absolute Gasteiger partial charge is 0.320 e. The fourth-order valence-electron chi connectivity index (χ4n) is 2.38. The van der Waals surface area contributed by atoms with Gasteiger partial charge in [0.05, 0.1) is 13.2 Å². The molecule has 0 unspecified atom stereocenters. The predicted molar refractivity (Wildman–Crippen MR) is 76.5 cm³/mol. The molecule has 0 radical (unpaired) electrons. The van der Waals surface area contributed by atoms with E-state index in [1.54, 1.807) is 0 Å². The average Bonchev–Trinajstić information content (AvgIpc) is 2.40. The van der Waals surface area contributed by atoms with Crippen molar-refractivity contribution >= 4 is 11.7 Å². The number of carbonyl (C=O) groups excluding carboxylic acids is 1. The van der Waals surface area contributed by atoms with E-state index in [0.29, 0.717) is 13.2 Å². The number of piperazine rings is 1. The molecule has 0 saturated carbocycles. The molecule has 4 nitrogen and oxygen atoms in total. The van der Waals surface area contributed by atoms with Crippen LogP contribution in [0.2, 0.25) is 0 Å². The van der Waals surface area contributed by atoms with Gasteiger partial charge in [0.2, 0.25) is 0 Å². The molecule has 0 atom stereocenters. The Morgan fingerprint density at radius 2 is 2.00 bits per heavy atom. The molecular formula is C15H22N2O2. The molecule has 104 valence electrons. The molecule has 1 aliphatic heterocycles. The highest BCUT2D eigenvalue weighted by molar-refractivity contribution is 5.71. The van der Waals surface area contributed by atoms with E-state index in [0.717, 1.165) is 26.2 Å². The molecule has 0 spiro atoms. The summed E-state index contributed by atoms with van der Waals surface area (Å²) in [6, 6.07) is 8.56. The number of ether oxygens (including phenoxy) is 1. The Kier molecular flexibility index (Phi) is 4.80. The number of esters is 1. The van der Waals surface area contributed by atoms with Gasteiger partial charge < -0.3 is 9.64 Å². The summed E-state index contributed by atoms with van der Waals surface area (Å²) in [5, 5.41) is 0. The van der Waals surface area contributed by atoms with Crippen LogP contribution in [0, 0.1) is 6.92 Å². The predicted octanol–water partition coefficient (Wildman–Crippen LogP) is 1.68. The molecule has 0 aliphatic carbocycles. The van der Waals surface area contributed by atoms with Crippen molar-refractivity contribution in [1.82, 2.24) is 4.90 Å².